The van der Waals surface area contributed by atoms with Gasteiger partial charge in [0.2, 0.25) is 5.91 Å². The highest BCUT2D eigenvalue weighted by atomic mass is 16.3. The summed E-state index contributed by atoms with van der Waals surface area (Å²) in [6.07, 6.45) is 26.4. The molecule has 0 spiro atoms. The molecule has 1 amide bonds. The van der Waals surface area contributed by atoms with Crippen molar-refractivity contribution in [2.24, 2.45) is 0 Å². The fourth-order valence-electron chi connectivity index (χ4n) is 3.49. The number of nitrogens with one attached hydrogen (secondary N) is 1. The Balaban J connectivity index is 3.34. The third-order valence-electron chi connectivity index (χ3n) is 5.41. The molecule has 0 rings (SSSR count). The van der Waals surface area contributed by atoms with Gasteiger partial charge in [-0.3, -0.25) is 4.79 Å². The van der Waals surface area contributed by atoms with E-state index in [-0.39, 0.29) is 18.6 Å². The predicted molar refractivity (Wildman–Crippen MR) is 123 cm³/mol. The molecule has 2 N–H and O–H groups in total. The van der Waals surface area contributed by atoms with Crippen LogP contribution in [0.3, 0.4) is 0 Å². The number of amides is 1. The van der Waals surface area contributed by atoms with Crippen LogP contribution in [0, 0.1) is 0 Å². The van der Waals surface area contributed by atoms with Gasteiger partial charge in [-0.2, -0.15) is 0 Å². The number of carbonyl (C=O) groups is 1. The zero-order valence-corrected chi connectivity index (χ0v) is 19.0. The summed E-state index contributed by atoms with van der Waals surface area (Å²) in [6.45, 7) is 4.45. The lowest BCUT2D eigenvalue weighted by Crippen LogP contribution is -2.37. The van der Waals surface area contributed by atoms with Crippen molar-refractivity contribution < 1.29 is 9.90 Å². The minimum absolute atomic E-state index is 0.0541. The van der Waals surface area contributed by atoms with Gasteiger partial charge in [0.05, 0.1) is 12.6 Å². The largest absolute Gasteiger partial charge is 0.394 e. The van der Waals surface area contributed by atoms with E-state index in [9.17, 15) is 9.90 Å². The molecule has 0 aliphatic heterocycles. The maximum atomic E-state index is 11.9. The van der Waals surface area contributed by atoms with E-state index in [4.69, 9.17) is 0 Å². The fraction of sp³-hybridized carbons (Fsp3) is 0.880. The fourth-order valence-corrected chi connectivity index (χ4v) is 3.49. The van der Waals surface area contributed by atoms with Gasteiger partial charge < -0.3 is 10.4 Å². The van der Waals surface area contributed by atoms with E-state index in [1.807, 2.05) is 0 Å². The molecule has 3 nitrogen and oxygen atoms in total. The molecule has 0 bridgehead atoms. The summed E-state index contributed by atoms with van der Waals surface area (Å²) < 4.78 is 0. The normalized spacial score (nSPS) is 12.5. The van der Waals surface area contributed by atoms with Crippen molar-refractivity contribution in [2.45, 2.75) is 135 Å². The van der Waals surface area contributed by atoms with Crippen LogP contribution in [0.4, 0.5) is 0 Å². The molecule has 0 aromatic heterocycles. The maximum absolute atomic E-state index is 11.9. The highest BCUT2D eigenvalue weighted by Gasteiger charge is 2.10. The minimum Gasteiger partial charge on any atom is -0.394 e. The number of hydrogen-bond donors (Lipinski definition) is 2. The van der Waals surface area contributed by atoms with Crippen LogP contribution in [0.2, 0.25) is 0 Å². The average molecular weight is 396 g/mol. The third-order valence-corrected chi connectivity index (χ3v) is 5.41. The number of hydrogen-bond acceptors (Lipinski definition) is 2. The molecule has 0 aromatic carbocycles. The summed E-state index contributed by atoms with van der Waals surface area (Å²) in [7, 11) is 0. The van der Waals surface area contributed by atoms with Crippen LogP contribution < -0.4 is 5.32 Å². The summed E-state index contributed by atoms with van der Waals surface area (Å²) in [5, 5.41) is 12.3. The Morgan fingerprint density at radius 1 is 0.750 bits per heavy atom. The predicted octanol–water partition coefficient (Wildman–Crippen LogP) is 7.08. The van der Waals surface area contributed by atoms with Gasteiger partial charge >= 0.3 is 0 Å². The smallest absolute Gasteiger partial charge is 0.220 e. The number of carbonyl (C=O) groups excluding carboxylic acids is 1. The van der Waals surface area contributed by atoms with E-state index in [1.165, 1.54) is 77.0 Å². The SMILES string of the molecule is CCCCCCCCC=CCCCCCCCCC(=O)NC(CO)CCCC. The first kappa shape index (κ1) is 27.2. The van der Waals surface area contributed by atoms with Gasteiger partial charge in [-0.1, -0.05) is 96.6 Å². The molecule has 0 saturated heterocycles. The van der Waals surface area contributed by atoms with Gasteiger partial charge in [-0.05, 0) is 38.5 Å². The number of aliphatic hydroxyl groups is 1. The van der Waals surface area contributed by atoms with Gasteiger partial charge in [0.25, 0.3) is 0 Å². The summed E-state index contributed by atoms with van der Waals surface area (Å²) in [5.41, 5.74) is 0. The Morgan fingerprint density at radius 3 is 1.79 bits per heavy atom. The molecule has 3 heteroatoms. The molecule has 0 aromatic rings. The molecule has 0 aliphatic carbocycles. The second-order valence-electron chi connectivity index (χ2n) is 8.28. The van der Waals surface area contributed by atoms with Crippen LogP contribution in [0.25, 0.3) is 0 Å². The van der Waals surface area contributed by atoms with Crippen LogP contribution >= 0.6 is 0 Å². The quantitative estimate of drug-likeness (QED) is 0.161. The van der Waals surface area contributed by atoms with Gasteiger partial charge in [0.15, 0.2) is 0 Å². The van der Waals surface area contributed by atoms with Gasteiger partial charge in [-0.15, -0.1) is 0 Å². The van der Waals surface area contributed by atoms with E-state index < -0.39 is 0 Å². The van der Waals surface area contributed by atoms with Crippen molar-refractivity contribution in [1.82, 2.24) is 5.32 Å². The van der Waals surface area contributed by atoms with Gasteiger partial charge in [0.1, 0.15) is 0 Å². The number of allylic oxidation sites excluding steroid dienone is 2. The maximum Gasteiger partial charge on any atom is 0.220 e. The van der Waals surface area contributed by atoms with Crippen LogP contribution in [-0.2, 0) is 4.79 Å². The van der Waals surface area contributed by atoms with Crippen molar-refractivity contribution in [1.29, 1.82) is 0 Å². The van der Waals surface area contributed by atoms with Crippen molar-refractivity contribution in [3.05, 3.63) is 12.2 Å². The van der Waals surface area contributed by atoms with E-state index >= 15 is 0 Å². The molecular weight excluding hydrogens is 346 g/mol. The van der Waals surface area contributed by atoms with Crippen LogP contribution in [-0.4, -0.2) is 23.7 Å². The minimum atomic E-state index is -0.0541. The highest BCUT2D eigenvalue weighted by molar-refractivity contribution is 5.76. The second-order valence-corrected chi connectivity index (χ2v) is 8.28. The summed E-state index contributed by atoms with van der Waals surface area (Å²) >= 11 is 0. The lowest BCUT2D eigenvalue weighted by atomic mass is 10.1. The van der Waals surface area contributed by atoms with Gasteiger partial charge in [-0.25, -0.2) is 0 Å². The molecule has 0 fully saturated rings. The molecule has 0 heterocycles. The van der Waals surface area contributed by atoms with E-state index in [2.05, 4.69) is 31.3 Å². The third kappa shape index (κ3) is 19.9. The zero-order valence-electron chi connectivity index (χ0n) is 19.0. The molecule has 0 radical (unpaired) electrons. The van der Waals surface area contributed by atoms with Crippen LogP contribution in [0.5, 0.6) is 0 Å². The van der Waals surface area contributed by atoms with Crippen molar-refractivity contribution in [3.63, 3.8) is 0 Å². The molecule has 0 saturated carbocycles. The van der Waals surface area contributed by atoms with E-state index in [1.54, 1.807) is 0 Å². The molecular formula is C25H49NO2. The Hall–Kier alpha value is -0.830. The summed E-state index contributed by atoms with van der Waals surface area (Å²) in [6, 6.07) is -0.0541. The molecule has 0 aliphatic rings. The van der Waals surface area contributed by atoms with Crippen LogP contribution in [0.15, 0.2) is 12.2 Å². The van der Waals surface area contributed by atoms with Crippen molar-refractivity contribution in [3.8, 4) is 0 Å². The van der Waals surface area contributed by atoms with E-state index in [0.29, 0.717) is 6.42 Å². The second kappa shape index (κ2) is 22.5. The van der Waals surface area contributed by atoms with Gasteiger partial charge in [0, 0.05) is 6.42 Å². The topological polar surface area (TPSA) is 49.3 Å². The monoisotopic (exact) mass is 395 g/mol. The Morgan fingerprint density at radius 2 is 1.25 bits per heavy atom. The number of aliphatic hydroxyl groups excluding tert-OH is 1. The number of unbranched alkanes of at least 4 members (excludes halogenated alkanes) is 13. The lowest BCUT2D eigenvalue weighted by Gasteiger charge is -2.15. The van der Waals surface area contributed by atoms with Crippen LogP contribution in [0.1, 0.15) is 129 Å². The first-order valence-corrected chi connectivity index (χ1v) is 12.3. The number of rotatable bonds is 21. The Kier molecular flexibility index (Phi) is 21.8. The molecule has 28 heavy (non-hydrogen) atoms. The zero-order chi connectivity index (χ0) is 20.7. The Labute approximate surface area is 175 Å². The Bertz CT molecular complexity index is 354. The standard InChI is InChI=1S/C25H49NO2/c1-3-5-7-8-9-10-11-12-13-14-15-16-17-18-19-20-22-25(28)26-24(23-27)21-6-4-2/h12-13,24,27H,3-11,14-23H2,1-2H3,(H,26,28). The molecule has 166 valence electrons. The summed E-state index contributed by atoms with van der Waals surface area (Å²) in [5.74, 6) is 0.102. The first-order valence-electron chi connectivity index (χ1n) is 12.3. The summed E-state index contributed by atoms with van der Waals surface area (Å²) in [4.78, 5) is 11.9. The average Bonchev–Trinajstić information content (AvgIpc) is 2.70. The molecule has 1 atom stereocenters. The molecule has 1 unspecified atom stereocenters. The lowest BCUT2D eigenvalue weighted by molar-refractivity contribution is -0.122. The van der Waals surface area contributed by atoms with Crippen molar-refractivity contribution in [2.75, 3.05) is 6.61 Å². The highest BCUT2D eigenvalue weighted by Crippen LogP contribution is 2.11. The van der Waals surface area contributed by atoms with E-state index in [0.717, 1.165) is 32.1 Å². The first-order chi connectivity index (χ1) is 13.7. The van der Waals surface area contributed by atoms with Crippen molar-refractivity contribution >= 4 is 5.91 Å².